The summed E-state index contributed by atoms with van der Waals surface area (Å²) in [6.45, 7) is 6.18. The van der Waals surface area contributed by atoms with Gasteiger partial charge in [-0.2, -0.15) is 10.2 Å². The van der Waals surface area contributed by atoms with Gasteiger partial charge >= 0.3 is 0 Å². The van der Waals surface area contributed by atoms with Gasteiger partial charge in [0.1, 0.15) is 22.7 Å². The van der Waals surface area contributed by atoms with Gasteiger partial charge in [-0.1, -0.05) is 36.4 Å². The van der Waals surface area contributed by atoms with Crippen molar-refractivity contribution in [2.45, 2.75) is 33.4 Å². The molecular weight excluding hydrogens is 468 g/mol. The van der Waals surface area contributed by atoms with E-state index in [9.17, 15) is 9.59 Å². The molecule has 0 saturated heterocycles. The summed E-state index contributed by atoms with van der Waals surface area (Å²) in [5, 5.41) is 12.6. The van der Waals surface area contributed by atoms with E-state index in [2.05, 4.69) is 10.4 Å². The van der Waals surface area contributed by atoms with E-state index >= 15 is 0 Å². The standard InChI is InChI=1S/C28H28N6O3/c1-4-37-23-15-9-8-12-21(23)18-29-26(35)20(3)33-28(36)24-25(19(2)30-33)31-34(22-13-6-5-7-14-22)27(24)32-16-10-11-17-32/h5-17,20H,4,18H2,1-3H3,(H,29,35). The molecule has 3 aromatic heterocycles. The highest BCUT2D eigenvalue weighted by Gasteiger charge is 2.25. The number of ether oxygens (including phenoxy) is 1. The van der Waals surface area contributed by atoms with Crippen molar-refractivity contribution in [1.82, 2.24) is 29.4 Å². The molecule has 0 saturated carbocycles. The van der Waals surface area contributed by atoms with E-state index in [-0.39, 0.29) is 18.0 Å². The molecule has 0 spiro atoms. The number of amides is 1. The Morgan fingerprint density at radius 1 is 1.00 bits per heavy atom. The van der Waals surface area contributed by atoms with E-state index < -0.39 is 6.04 Å². The Morgan fingerprint density at radius 2 is 1.70 bits per heavy atom. The first-order valence-corrected chi connectivity index (χ1v) is 12.2. The Bertz CT molecular complexity index is 1600. The first kappa shape index (κ1) is 24.1. The first-order valence-electron chi connectivity index (χ1n) is 12.2. The highest BCUT2D eigenvalue weighted by Crippen LogP contribution is 2.25. The zero-order chi connectivity index (χ0) is 25.9. The predicted molar refractivity (Wildman–Crippen MR) is 141 cm³/mol. The fourth-order valence-electron chi connectivity index (χ4n) is 4.34. The smallest absolute Gasteiger partial charge is 0.280 e. The van der Waals surface area contributed by atoms with Crippen molar-refractivity contribution in [2.75, 3.05) is 6.61 Å². The second kappa shape index (κ2) is 10.1. The van der Waals surface area contributed by atoms with E-state index in [1.165, 1.54) is 4.68 Å². The zero-order valence-corrected chi connectivity index (χ0v) is 21.0. The van der Waals surface area contributed by atoms with Gasteiger partial charge in [-0.15, -0.1) is 0 Å². The normalized spacial score (nSPS) is 12.0. The monoisotopic (exact) mass is 496 g/mol. The Balaban J connectivity index is 1.55. The summed E-state index contributed by atoms with van der Waals surface area (Å²) in [6, 6.07) is 20.1. The minimum Gasteiger partial charge on any atom is -0.494 e. The maximum absolute atomic E-state index is 13.8. The molecule has 1 unspecified atom stereocenters. The van der Waals surface area contributed by atoms with Crippen LogP contribution in [0, 0.1) is 6.92 Å². The number of para-hydroxylation sites is 2. The summed E-state index contributed by atoms with van der Waals surface area (Å²) in [6.07, 6.45) is 3.72. The maximum Gasteiger partial charge on any atom is 0.280 e. The van der Waals surface area contributed by atoms with E-state index in [4.69, 9.17) is 9.84 Å². The fraction of sp³-hybridized carbons (Fsp3) is 0.214. The minimum absolute atomic E-state index is 0.274. The number of carbonyl (C=O) groups excluding carboxylic acids is 1. The van der Waals surface area contributed by atoms with Crippen LogP contribution in [0.5, 0.6) is 5.75 Å². The lowest BCUT2D eigenvalue weighted by atomic mass is 10.2. The molecule has 37 heavy (non-hydrogen) atoms. The Labute approximate surface area is 213 Å². The van der Waals surface area contributed by atoms with E-state index in [1.54, 1.807) is 18.5 Å². The second-order valence-electron chi connectivity index (χ2n) is 8.65. The zero-order valence-electron chi connectivity index (χ0n) is 21.0. The van der Waals surface area contributed by atoms with Crippen LogP contribution >= 0.6 is 0 Å². The van der Waals surface area contributed by atoms with Gasteiger partial charge in [0.05, 0.1) is 18.0 Å². The Morgan fingerprint density at radius 3 is 2.43 bits per heavy atom. The number of rotatable bonds is 8. The molecule has 9 nitrogen and oxygen atoms in total. The van der Waals surface area contributed by atoms with Gasteiger partial charge in [-0.3, -0.25) is 9.59 Å². The Hall–Kier alpha value is -4.66. The molecule has 0 aliphatic heterocycles. The molecule has 5 rings (SSSR count). The summed E-state index contributed by atoms with van der Waals surface area (Å²) in [5.74, 6) is 0.988. The van der Waals surface area contributed by atoms with Gasteiger partial charge in [-0.05, 0) is 51.1 Å². The number of hydrogen-bond acceptors (Lipinski definition) is 5. The molecule has 1 N–H and O–H groups in total. The number of fused-ring (bicyclic) bond motifs is 1. The molecule has 2 aromatic carbocycles. The first-order chi connectivity index (χ1) is 18.0. The van der Waals surface area contributed by atoms with Crippen LogP contribution in [0.1, 0.15) is 31.1 Å². The van der Waals surface area contributed by atoms with Crippen molar-refractivity contribution >= 4 is 16.8 Å². The number of benzene rings is 2. The summed E-state index contributed by atoms with van der Waals surface area (Å²) in [4.78, 5) is 27.0. The molecule has 1 atom stereocenters. The largest absolute Gasteiger partial charge is 0.494 e. The summed E-state index contributed by atoms with van der Waals surface area (Å²) < 4.78 is 10.5. The molecule has 0 radical (unpaired) electrons. The number of hydrogen-bond donors (Lipinski definition) is 1. The fourth-order valence-corrected chi connectivity index (χ4v) is 4.34. The third-order valence-electron chi connectivity index (χ3n) is 6.21. The second-order valence-corrected chi connectivity index (χ2v) is 8.65. The average molecular weight is 497 g/mol. The lowest BCUT2D eigenvalue weighted by Gasteiger charge is -2.16. The van der Waals surface area contributed by atoms with Crippen LogP contribution in [0.2, 0.25) is 0 Å². The quantitative estimate of drug-likeness (QED) is 0.351. The molecule has 0 aliphatic carbocycles. The average Bonchev–Trinajstić information content (AvgIpc) is 3.59. The van der Waals surface area contributed by atoms with Crippen molar-refractivity contribution in [3.63, 3.8) is 0 Å². The van der Waals surface area contributed by atoms with Crippen LogP contribution in [0.3, 0.4) is 0 Å². The van der Waals surface area contributed by atoms with Gasteiger partial charge in [0.2, 0.25) is 5.91 Å². The summed E-state index contributed by atoms with van der Waals surface area (Å²) in [5.41, 5.74) is 2.33. The molecule has 9 heteroatoms. The number of aromatic nitrogens is 5. The number of aryl methyl sites for hydroxylation is 1. The predicted octanol–water partition coefficient (Wildman–Crippen LogP) is 3.96. The summed E-state index contributed by atoms with van der Waals surface area (Å²) in [7, 11) is 0. The topological polar surface area (TPSA) is 96.0 Å². The minimum atomic E-state index is -0.840. The van der Waals surface area contributed by atoms with Crippen LogP contribution in [-0.2, 0) is 11.3 Å². The van der Waals surface area contributed by atoms with Gasteiger partial charge in [0.25, 0.3) is 5.56 Å². The molecule has 0 bridgehead atoms. The molecule has 1 amide bonds. The number of carbonyl (C=O) groups is 1. The van der Waals surface area contributed by atoms with Crippen molar-refractivity contribution < 1.29 is 9.53 Å². The van der Waals surface area contributed by atoms with Crippen molar-refractivity contribution in [3.8, 4) is 17.3 Å². The van der Waals surface area contributed by atoms with Gasteiger partial charge < -0.3 is 14.6 Å². The van der Waals surface area contributed by atoms with E-state index in [1.807, 2.05) is 90.6 Å². The SMILES string of the molecule is CCOc1ccccc1CNC(=O)C(C)n1nc(C)c2nn(-c3ccccc3)c(-n3cccc3)c2c1=O. The van der Waals surface area contributed by atoms with Gasteiger partial charge in [0, 0.05) is 24.5 Å². The van der Waals surface area contributed by atoms with Crippen LogP contribution in [0.4, 0.5) is 0 Å². The van der Waals surface area contributed by atoms with Crippen LogP contribution in [0.15, 0.2) is 83.9 Å². The third kappa shape index (κ3) is 4.51. The maximum atomic E-state index is 13.8. The molecule has 3 heterocycles. The van der Waals surface area contributed by atoms with Crippen LogP contribution < -0.4 is 15.6 Å². The van der Waals surface area contributed by atoms with Crippen molar-refractivity contribution in [1.29, 1.82) is 0 Å². The molecular formula is C28H28N6O3. The summed E-state index contributed by atoms with van der Waals surface area (Å²) >= 11 is 0. The highest BCUT2D eigenvalue weighted by atomic mass is 16.5. The van der Waals surface area contributed by atoms with Crippen molar-refractivity contribution in [3.05, 3.63) is 101 Å². The lowest BCUT2D eigenvalue weighted by molar-refractivity contribution is -0.124. The van der Waals surface area contributed by atoms with E-state index in [0.717, 1.165) is 17.0 Å². The van der Waals surface area contributed by atoms with Gasteiger partial charge in [0.15, 0.2) is 5.82 Å². The van der Waals surface area contributed by atoms with Crippen LogP contribution in [-0.4, -0.2) is 36.6 Å². The van der Waals surface area contributed by atoms with E-state index in [0.29, 0.717) is 29.0 Å². The molecule has 0 aliphatic rings. The van der Waals surface area contributed by atoms with Gasteiger partial charge in [-0.25, -0.2) is 9.36 Å². The molecule has 0 fully saturated rings. The molecule has 5 aromatic rings. The Kier molecular flexibility index (Phi) is 6.59. The number of nitrogens with zero attached hydrogens (tertiary/aromatic N) is 5. The molecule has 188 valence electrons. The third-order valence-corrected chi connectivity index (χ3v) is 6.21. The van der Waals surface area contributed by atoms with Crippen LogP contribution in [0.25, 0.3) is 22.4 Å². The number of nitrogens with one attached hydrogen (secondary N) is 1. The van der Waals surface area contributed by atoms with Crippen molar-refractivity contribution in [2.24, 2.45) is 0 Å². The lowest BCUT2D eigenvalue weighted by Crippen LogP contribution is -2.37. The highest BCUT2D eigenvalue weighted by molar-refractivity contribution is 5.88.